The lowest BCUT2D eigenvalue weighted by Gasteiger charge is -2.07. The molecule has 1 heterocycles. The Kier molecular flexibility index (Phi) is 5.95. The van der Waals surface area contributed by atoms with Crippen LogP contribution in [0.25, 0.3) is 0 Å². The van der Waals surface area contributed by atoms with Crippen molar-refractivity contribution in [1.29, 1.82) is 0 Å². The molecule has 5 nitrogen and oxygen atoms in total. The molecular weight excluding hydrogens is 415 g/mol. The maximum Gasteiger partial charge on any atom is 0.416 e. The summed E-state index contributed by atoms with van der Waals surface area (Å²) in [4.78, 5) is 28.2. The van der Waals surface area contributed by atoms with E-state index >= 15 is 0 Å². The quantitative estimate of drug-likeness (QED) is 0.748. The van der Waals surface area contributed by atoms with Crippen LogP contribution in [0.5, 0.6) is 0 Å². The largest absolute Gasteiger partial charge is 0.416 e. The first-order chi connectivity index (χ1) is 13.2. The number of hydrogen-bond acceptors (Lipinski definition) is 4. The molecule has 2 aromatic rings. The molecule has 10 heteroatoms. The van der Waals surface area contributed by atoms with Crippen LogP contribution in [0.15, 0.2) is 53.5 Å². The Balaban J connectivity index is 1.64. The maximum atomic E-state index is 12.8. The van der Waals surface area contributed by atoms with Crippen LogP contribution in [-0.2, 0) is 15.8 Å². The Bertz CT molecular complexity index is 932. The summed E-state index contributed by atoms with van der Waals surface area (Å²) in [5, 5.41) is 5.08. The first-order valence-electron chi connectivity index (χ1n) is 7.99. The van der Waals surface area contributed by atoms with E-state index in [-0.39, 0.29) is 23.2 Å². The Morgan fingerprint density at radius 1 is 1.21 bits per heavy atom. The number of benzene rings is 2. The van der Waals surface area contributed by atoms with Gasteiger partial charge in [-0.1, -0.05) is 29.4 Å². The number of alkyl halides is 3. The van der Waals surface area contributed by atoms with Gasteiger partial charge in [-0.2, -0.15) is 13.2 Å². The third-order valence-corrected chi connectivity index (χ3v) is 5.01. The van der Waals surface area contributed by atoms with Crippen molar-refractivity contribution in [3.8, 4) is 0 Å². The fraction of sp³-hybridized carbons (Fsp3) is 0.167. The maximum absolute atomic E-state index is 12.8. The summed E-state index contributed by atoms with van der Waals surface area (Å²) in [5.74, 6) is -0.808. The Morgan fingerprint density at radius 3 is 2.61 bits per heavy atom. The van der Waals surface area contributed by atoms with E-state index in [1.165, 1.54) is 12.1 Å². The molecule has 0 radical (unpaired) electrons. The normalized spacial score (nSPS) is 18.2. The van der Waals surface area contributed by atoms with E-state index in [2.05, 4.69) is 15.6 Å². The zero-order valence-electron chi connectivity index (χ0n) is 14.1. The molecule has 0 aromatic heterocycles. The summed E-state index contributed by atoms with van der Waals surface area (Å²) in [6.45, 7) is 0. The van der Waals surface area contributed by atoms with Crippen molar-refractivity contribution in [3.63, 3.8) is 0 Å². The highest BCUT2D eigenvalue weighted by molar-refractivity contribution is 8.15. The van der Waals surface area contributed by atoms with Gasteiger partial charge in [0.25, 0.3) is 0 Å². The van der Waals surface area contributed by atoms with Crippen molar-refractivity contribution in [1.82, 2.24) is 5.32 Å². The van der Waals surface area contributed by atoms with Gasteiger partial charge in [0.1, 0.15) is 5.25 Å². The molecule has 0 saturated carbocycles. The van der Waals surface area contributed by atoms with Gasteiger partial charge in [0.15, 0.2) is 5.17 Å². The van der Waals surface area contributed by atoms with Crippen LogP contribution >= 0.6 is 23.4 Å². The number of anilines is 1. The van der Waals surface area contributed by atoms with Gasteiger partial charge in [0.2, 0.25) is 11.8 Å². The van der Waals surface area contributed by atoms with Crippen LogP contribution in [0.2, 0.25) is 5.02 Å². The van der Waals surface area contributed by atoms with Crippen molar-refractivity contribution in [2.75, 3.05) is 5.32 Å². The zero-order valence-corrected chi connectivity index (χ0v) is 15.7. The van der Waals surface area contributed by atoms with Crippen LogP contribution in [0.1, 0.15) is 12.0 Å². The monoisotopic (exact) mass is 427 g/mol. The molecule has 2 amide bonds. The number of nitrogens with zero attached hydrogens (tertiary/aromatic N) is 1. The molecule has 0 bridgehead atoms. The minimum atomic E-state index is -4.48. The minimum Gasteiger partial charge on any atom is -0.326 e. The van der Waals surface area contributed by atoms with Gasteiger partial charge < -0.3 is 10.6 Å². The van der Waals surface area contributed by atoms with Gasteiger partial charge in [0, 0.05) is 17.1 Å². The van der Waals surface area contributed by atoms with Gasteiger partial charge in [-0.15, -0.1) is 0 Å². The number of thioether (sulfide) groups is 1. The highest BCUT2D eigenvalue weighted by Gasteiger charge is 2.33. The second-order valence-corrected chi connectivity index (χ2v) is 7.45. The van der Waals surface area contributed by atoms with Crippen molar-refractivity contribution in [3.05, 3.63) is 59.1 Å². The first-order valence-corrected chi connectivity index (χ1v) is 9.25. The predicted octanol–water partition coefficient (Wildman–Crippen LogP) is 4.61. The van der Waals surface area contributed by atoms with Crippen LogP contribution in [0, 0.1) is 0 Å². The lowest BCUT2D eigenvalue weighted by molar-refractivity contribution is -0.137. The summed E-state index contributed by atoms with van der Waals surface area (Å²) >= 11 is 6.77. The van der Waals surface area contributed by atoms with E-state index in [0.717, 1.165) is 23.9 Å². The molecule has 2 N–H and O–H groups in total. The number of amidine groups is 1. The predicted molar refractivity (Wildman–Crippen MR) is 103 cm³/mol. The Morgan fingerprint density at radius 2 is 1.93 bits per heavy atom. The smallest absolute Gasteiger partial charge is 0.326 e. The summed E-state index contributed by atoms with van der Waals surface area (Å²) in [7, 11) is 0. The second kappa shape index (κ2) is 8.24. The van der Waals surface area contributed by atoms with Gasteiger partial charge >= 0.3 is 6.18 Å². The lowest BCUT2D eigenvalue weighted by atomic mass is 10.2. The number of halogens is 4. The molecule has 1 fully saturated rings. The third-order valence-electron chi connectivity index (χ3n) is 3.68. The average Bonchev–Trinajstić information content (AvgIpc) is 2.95. The number of amides is 2. The van der Waals surface area contributed by atoms with E-state index in [1.807, 2.05) is 0 Å². The number of carbonyl (C=O) groups is 2. The molecular formula is C18H13ClF3N3O2S. The molecule has 3 rings (SSSR count). The highest BCUT2D eigenvalue weighted by atomic mass is 35.5. The lowest BCUT2D eigenvalue weighted by Crippen LogP contribution is -2.28. The van der Waals surface area contributed by atoms with E-state index in [9.17, 15) is 22.8 Å². The zero-order chi connectivity index (χ0) is 20.3. The summed E-state index contributed by atoms with van der Waals surface area (Å²) < 4.78 is 38.3. The van der Waals surface area contributed by atoms with Crippen LogP contribution in [0.4, 0.5) is 24.5 Å². The molecule has 1 atom stereocenters. The topological polar surface area (TPSA) is 70.6 Å². The Hall–Kier alpha value is -2.52. The molecule has 1 saturated heterocycles. The summed E-state index contributed by atoms with van der Waals surface area (Å²) in [6.07, 6.45) is -4.59. The number of rotatable bonds is 4. The third kappa shape index (κ3) is 5.26. The van der Waals surface area contributed by atoms with Crippen LogP contribution < -0.4 is 10.6 Å². The standard InChI is InChI=1S/C18H13ClF3N3O2S/c19-11-4-6-12(7-5-11)23-15(26)9-14-16(27)25-17(28-14)24-13-3-1-2-10(8-13)18(20,21)22/h1-8,14H,9H2,(H,23,26)(H,24,25,27). The van der Waals surface area contributed by atoms with Crippen LogP contribution in [-0.4, -0.2) is 22.2 Å². The van der Waals surface area contributed by atoms with Crippen molar-refractivity contribution < 1.29 is 22.8 Å². The minimum absolute atomic E-state index is 0.0592. The van der Waals surface area contributed by atoms with Crippen molar-refractivity contribution in [2.45, 2.75) is 17.8 Å². The molecule has 28 heavy (non-hydrogen) atoms. The van der Waals surface area contributed by atoms with E-state index in [4.69, 9.17) is 11.6 Å². The fourth-order valence-corrected chi connectivity index (χ4v) is 3.49. The van der Waals surface area contributed by atoms with Gasteiger partial charge in [-0.05, 0) is 42.5 Å². The highest BCUT2D eigenvalue weighted by Crippen LogP contribution is 2.32. The summed E-state index contributed by atoms with van der Waals surface area (Å²) in [6, 6.07) is 11.0. The second-order valence-electron chi connectivity index (χ2n) is 5.82. The molecule has 0 spiro atoms. The van der Waals surface area contributed by atoms with Crippen molar-refractivity contribution >= 4 is 51.7 Å². The van der Waals surface area contributed by atoms with Gasteiger partial charge in [-0.25, -0.2) is 4.99 Å². The molecule has 1 unspecified atom stereocenters. The molecule has 0 aliphatic carbocycles. The molecule has 2 aromatic carbocycles. The SMILES string of the molecule is O=C(CC1SC(=Nc2cccc(C(F)(F)F)c2)NC1=O)Nc1ccc(Cl)cc1. The first kappa shape index (κ1) is 20.2. The van der Waals surface area contributed by atoms with Gasteiger partial charge in [0.05, 0.1) is 11.3 Å². The van der Waals surface area contributed by atoms with E-state index in [1.54, 1.807) is 24.3 Å². The van der Waals surface area contributed by atoms with Crippen LogP contribution in [0.3, 0.4) is 0 Å². The fourth-order valence-electron chi connectivity index (χ4n) is 2.37. The number of nitrogens with one attached hydrogen (secondary N) is 2. The molecule has 1 aliphatic rings. The molecule has 1 aliphatic heterocycles. The van der Waals surface area contributed by atoms with Gasteiger partial charge in [-0.3, -0.25) is 9.59 Å². The average molecular weight is 428 g/mol. The summed E-state index contributed by atoms with van der Waals surface area (Å²) in [5.41, 5.74) is -0.234. The molecule has 146 valence electrons. The number of aliphatic imine (C=N–C) groups is 1. The van der Waals surface area contributed by atoms with E-state index in [0.29, 0.717) is 10.7 Å². The number of hydrogen-bond donors (Lipinski definition) is 2. The number of carbonyl (C=O) groups excluding carboxylic acids is 2. The van der Waals surface area contributed by atoms with Crippen molar-refractivity contribution in [2.24, 2.45) is 4.99 Å². The van der Waals surface area contributed by atoms with E-state index < -0.39 is 22.9 Å². The Labute approximate surface area is 167 Å².